The molecular formula is C11H14F3N3OS. The highest BCUT2D eigenvalue weighted by Crippen LogP contribution is 2.52. The Balaban J connectivity index is 2.20. The smallest absolute Gasteiger partial charge is 0.397 e. The molecular weight excluding hydrogens is 279 g/mol. The number of halogens is 3. The predicted molar refractivity (Wildman–Crippen MR) is 68.4 cm³/mol. The van der Waals surface area contributed by atoms with E-state index in [1.165, 1.54) is 11.0 Å². The van der Waals surface area contributed by atoms with Gasteiger partial charge >= 0.3 is 6.18 Å². The van der Waals surface area contributed by atoms with Gasteiger partial charge in [-0.15, -0.1) is 11.3 Å². The Morgan fingerprint density at radius 3 is 2.47 bits per heavy atom. The molecule has 19 heavy (non-hydrogen) atoms. The van der Waals surface area contributed by atoms with Gasteiger partial charge in [0.2, 0.25) is 0 Å². The van der Waals surface area contributed by atoms with Crippen molar-refractivity contribution in [3.8, 4) is 0 Å². The summed E-state index contributed by atoms with van der Waals surface area (Å²) in [6.07, 6.45) is -4.20. The second kappa shape index (κ2) is 4.29. The number of nitrogens with zero attached hydrogens (tertiary/aromatic N) is 1. The number of alkyl halides is 3. The fourth-order valence-corrected chi connectivity index (χ4v) is 2.78. The SMILES string of the molecule is CN(C)C(=O)c1sc(NC2(C(F)(F)F)CC2)cc1N. The highest BCUT2D eigenvalue weighted by Gasteiger charge is 2.63. The van der Waals surface area contributed by atoms with Crippen LogP contribution in [0, 0.1) is 0 Å². The van der Waals surface area contributed by atoms with Gasteiger partial charge in [-0.25, -0.2) is 0 Å². The molecule has 1 heterocycles. The number of amides is 1. The first-order valence-corrected chi connectivity index (χ1v) is 6.44. The zero-order valence-electron chi connectivity index (χ0n) is 10.5. The zero-order valence-corrected chi connectivity index (χ0v) is 11.3. The van der Waals surface area contributed by atoms with Crippen molar-refractivity contribution in [3.63, 3.8) is 0 Å². The number of thiophene rings is 1. The Bertz CT molecular complexity index is 506. The summed E-state index contributed by atoms with van der Waals surface area (Å²) in [5.74, 6) is -0.313. The number of nitrogens with one attached hydrogen (secondary N) is 1. The molecule has 0 aliphatic heterocycles. The van der Waals surface area contributed by atoms with Gasteiger partial charge in [0.05, 0.1) is 10.7 Å². The lowest BCUT2D eigenvalue weighted by atomic mass is 10.2. The Labute approximate surface area is 112 Å². The summed E-state index contributed by atoms with van der Waals surface area (Å²) in [5, 5.41) is 2.74. The first kappa shape index (κ1) is 14.0. The number of anilines is 2. The third-order valence-electron chi connectivity index (χ3n) is 3.02. The first-order chi connectivity index (χ1) is 8.66. The minimum absolute atomic E-state index is 0.0469. The van der Waals surface area contributed by atoms with E-state index in [0.29, 0.717) is 0 Å². The third-order valence-corrected chi connectivity index (χ3v) is 4.07. The zero-order chi connectivity index (χ0) is 14.4. The molecule has 4 nitrogen and oxygen atoms in total. The number of nitrogen functional groups attached to an aromatic ring is 1. The van der Waals surface area contributed by atoms with Crippen molar-refractivity contribution < 1.29 is 18.0 Å². The lowest BCUT2D eigenvalue weighted by Gasteiger charge is -2.20. The number of rotatable bonds is 3. The molecule has 8 heteroatoms. The van der Waals surface area contributed by atoms with Gasteiger partial charge in [0.1, 0.15) is 10.4 Å². The van der Waals surface area contributed by atoms with Gasteiger partial charge in [-0.1, -0.05) is 0 Å². The van der Waals surface area contributed by atoms with Gasteiger partial charge in [0.15, 0.2) is 0 Å². The lowest BCUT2D eigenvalue weighted by Crippen LogP contribution is -2.38. The van der Waals surface area contributed by atoms with Crippen molar-refractivity contribution in [1.82, 2.24) is 4.90 Å². The van der Waals surface area contributed by atoms with Crippen molar-refractivity contribution in [1.29, 1.82) is 0 Å². The van der Waals surface area contributed by atoms with Gasteiger partial charge < -0.3 is 16.0 Å². The maximum absolute atomic E-state index is 12.8. The minimum atomic E-state index is -4.29. The monoisotopic (exact) mass is 293 g/mol. The van der Waals surface area contributed by atoms with E-state index in [4.69, 9.17) is 5.73 Å². The maximum Gasteiger partial charge on any atom is 0.411 e. The van der Waals surface area contributed by atoms with Gasteiger partial charge in [-0.05, 0) is 18.9 Å². The van der Waals surface area contributed by atoms with Crippen molar-refractivity contribution in [2.45, 2.75) is 24.6 Å². The molecule has 0 radical (unpaired) electrons. The van der Waals surface area contributed by atoms with Crippen LogP contribution in [0.3, 0.4) is 0 Å². The van der Waals surface area contributed by atoms with Crippen LogP contribution in [0.2, 0.25) is 0 Å². The summed E-state index contributed by atoms with van der Waals surface area (Å²) in [7, 11) is 3.12. The molecule has 1 aliphatic carbocycles. The van der Waals surface area contributed by atoms with Gasteiger partial charge in [0, 0.05) is 14.1 Å². The Morgan fingerprint density at radius 1 is 1.47 bits per heavy atom. The molecule has 1 fully saturated rings. The number of carbonyl (C=O) groups is 1. The molecule has 0 saturated heterocycles. The molecule has 3 N–H and O–H groups in total. The summed E-state index contributed by atoms with van der Waals surface area (Å²) in [6.45, 7) is 0. The van der Waals surface area contributed by atoms with Crippen molar-refractivity contribution in [3.05, 3.63) is 10.9 Å². The Morgan fingerprint density at radius 2 is 2.05 bits per heavy atom. The quantitative estimate of drug-likeness (QED) is 0.900. The average molecular weight is 293 g/mol. The van der Waals surface area contributed by atoms with E-state index in [1.54, 1.807) is 14.1 Å². The molecule has 1 amide bonds. The highest BCUT2D eigenvalue weighted by atomic mass is 32.1. The topological polar surface area (TPSA) is 58.4 Å². The van der Waals surface area contributed by atoms with E-state index in [-0.39, 0.29) is 34.3 Å². The Kier molecular flexibility index (Phi) is 3.16. The van der Waals surface area contributed by atoms with E-state index in [1.807, 2.05) is 0 Å². The van der Waals surface area contributed by atoms with Crippen LogP contribution in [-0.2, 0) is 0 Å². The van der Waals surface area contributed by atoms with Crippen LogP contribution in [0.15, 0.2) is 6.07 Å². The Hall–Kier alpha value is -1.44. The van der Waals surface area contributed by atoms with E-state index in [0.717, 1.165) is 11.3 Å². The summed E-state index contributed by atoms with van der Waals surface area (Å²) in [5.41, 5.74) is 4.02. The van der Waals surface area contributed by atoms with E-state index < -0.39 is 11.7 Å². The molecule has 106 valence electrons. The number of hydrogen-bond acceptors (Lipinski definition) is 4. The largest absolute Gasteiger partial charge is 0.411 e. The molecule has 2 rings (SSSR count). The first-order valence-electron chi connectivity index (χ1n) is 5.62. The molecule has 0 spiro atoms. The number of nitrogens with two attached hydrogens (primary N) is 1. The van der Waals surface area contributed by atoms with Crippen molar-refractivity contribution in [2.24, 2.45) is 0 Å². The van der Waals surface area contributed by atoms with Crippen LogP contribution in [-0.4, -0.2) is 36.6 Å². The summed E-state index contributed by atoms with van der Waals surface area (Å²) in [6, 6.07) is 1.38. The lowest BCUT2D eigenvalue weighted by molar-refractivity contribution is -0.151. The van der Waals surface area contributed by atoms with Gasteiger partial charge in [-0.3, -0.25) is 4.79 Å². The summed E-state index contributed by atoms with van der Waals surface area (Å²) < 4.78 is 38.4. The molecule has 0 aromatic carbocycles. The fourth-order valence-electron chi connectivity index (χ4n) is 1.68. The third kappa shape index (κ3) is 2.49. The number of carbonyl (C=O) groups excluding carboxylic acids is 1. The van der Waals surface area contributed by atoms with E-state index in [9.17, 15) is 18.0 Å². The van der Waals surface area contributed by atoms with Crippen molar-refractivity contribution >= 4 is 27.9 Å². The van der Waals surface area contributed by atoms with Crippen LogP contribution < -0.4 is 11.1 Å². The molecule has 0 unspecified atom stereocenters. The van der Waals surface area contributed by atoms with Crippen LogP contribution in [0.4, 0.5) is 23.9 Å². The van der Waals surface area contributed by atoms with Gasteiger partial charge in [-0.2, -0.15) is 13.2 Å². The van der Waals surface area contributed by atoms with Crippen LogP contribution in [0.5, 0.6) is 0 Å². The van der Waals surface area contributed by atoms with Crippen LogP contribution >= 0.6 is 11.3 Å². The van der Waals surface area contributed by atoms with Crippen LogP contribution in [0.1, 0.15) is 22.5 Å². The highest BCUT2D eigenvalue weighted by molar-refractivity contribution is 7.18. The second-order valence-corrected chi connectivity index (χ2v) is 5.85. The van der Waals surface area contributed by atoms with Crippen molar-refractivity contribution in [2.75, 3.05) is 25.1 Å². The van der Waals surface area contributed by atoms with E-state index in [2.05, 4.69) is 5.32 Å². The van der Waals surface area contributed by atoms with Crippen LogP contribution in [0.25, 0.3) is 0 Å². The minimum Gasteiger partial charge on any atom is -0.397 e. The summed E-state index contributed by atoms with van der Waals surface area (Å²) >= 11 is 0.952. The molecule has 0 bridgehead atoms. The summed E-state index contributed by atoms with van der Waals surface area (Å²) in [4.78, 5) is 13.4. The molecule has 1 aliphatic rings. The average Bonchev–Trinajstić information content (AvgIpc) is 2.96. The predicted octanol–water partition coefficient (Wildman–Crippen LogP) is 2.54. The molecule has 1 aromatic rings. The molecule has 1 aromatic heterocycles. The maximum atomic E-state index is 12.8. The fraction of sp³-hybridized carbons (Fsp3) is 0.545. The second-order valence-electron chi connectivity index (χ2n) is 4.80. The molecule has 1 saturated carbocycles. The van der Waals surface area contributed by atoms with Gasteiger partial charge in [0.25, 0.3) is 5.91 Å². The standard InChI is InChI=1S/C11H14F3N3OS/c1-17(2)9(18)8-6(15)5-7(19-8)16-10(3-4-10)11(12,13)14/h5,16H,3-4,15H2,1-2H3. The van der Waals surface area contributed by atoms with E-state index >= 15 is 0 Å². The number of hydrogen-bond donors (Lipinski definition) is 2. The normalized spacial score (nSPS) is 17.1. The molecule has 0 atom stereocenters.